The van der Waals surface area contributed by atoms with E-state index in [4.69, 9.17) is 0 Å². The second kappa shape index (κ2) is 13.4. The third kappa shape index (κ3) is 25.5. The summed E-state index contributed by atoms with van der Waals surface area (Å²) in [4.78, 5) is 30.7. The first-order chi connectivity index (χ1) is 7.90. The molecule has 0 saturated carbocycles. The number of nitrogens with one attached hydrogen (secondary N) is 2. The third-order valence-corrected chi connectivity index (χ3v) is 2.31. The van der Waals surface area contributed by atoms with Gasteiger partial charge >= 0.3 is 0 Å². The Morgan fingerprint density at radius 1 is 1.00 bits per heavy atom. The van der Waals surface area contributed by atoms with E-state index in [0.717, 1.165) is 0 Å². The van der Waals surface area contributed by atoms with E-state index in [0.29, 0.717) is 24.6 Å². The van der Waals surface area contributed by atoms with Gasteiger partial charge in [-0.15, -0.1) is 0 Å². The van der Waals surface area contributed by atoms with Crippen LogP contribution in [-0.4, -0.2) is 41.5 Å². The Balaban J connectivity index is 0. The molecule has 0 radical (unpaired) electrons. The van der Waals surface area contributed by atoms with Crippen molar-refractivity contribution in [2.24, 2.45) is 0 Å². The van der Waals surface area contributed by atoms with Gasteiger partial charge in [-0.3, -0.25) is 14.4 Å². The summed E-state index contributed by atoms with van der Waals surface area (Å²) < 4.78 is 0. The molecule has 0 aromatic heterocycles. The highest BCUT2D eigenvalue weighted by molar-refractivity contribution is 8.13. The van der Waals surface area contributed by atoms with Crippen molar-refractivity contribution in [3.05, 3.63) is 0 Å². The Morgan fingerprint density at radius 2 is 1.47 bits per heavy atom. The number of carbonyl (C=O) groups excluding carboxylic acids is 3. The molecular formula is C10H20N2O3S2. The molecule has 2 N–H and O–H groups in total. The van der Waals surface area contributed by atoms with Gasteiger partial charge in [-0.2, -0.15) is 12.6 Å². The summed E-state index contributed by atoms with van der Waals surface area (Å²) in [6, 6.07) is 0. The summed E-state index contributed by atoms with van der Waals surface area (Å²) >= 11 is 5.10. The molecule has 0 aliphatic rings. The lowest BCUT2D eigenvalue weighted by molar-refractivity contribution is -0.119. The number of thioether (sulfide) groups is 1. The summed E-state index contributed by atoms with van der Waals surface area (Å²) in [6.07, 6.45) is 0. The zero-order valence-electron chi connectivity index (χ0n) is 10.4. The van der Waals surface area contributed by atoms with Crippen molar-refractivity contribution >= 4 is 41.3 Å². The van der Waals surface area contributed by atoms with Crippen molar-refractivity contribution in [3.63, 3.8) is 0 Å². The Kier molecular flexibility index (Phi) is 14.7. The average molecular weight is 280 g/mol. The molecule has 0 rings (SSSR count). The van der Waals surface area contributed by atoms with Gasteiger partial charge in [0.2, 0.25) is 11.8 Å². The van der Waals surface area contributed by atoms with Crippen molar-refractivity contribution in [2.75, 3.05) is 24.6 Å². The average Bonchev–Trinajstić information content (AvgIpc) is 2.22. The van der Waals surface area contributed by atoms with Crippen LogP contribution in [-0.2, 0) is 14.4 Å². The first kappa shape index (κ1) is 18.7. The zero-order chi connectivity index (χ0) is 13.7. The molecule has 5 nitrogen and oxygen atoms in total. The number of carbonyl (C=O) groups is 3. The van der Waals surface area contributed by atoms with Crippen LogP contribution in [0.25, 0.3) is 0 Å². The van der Waals surface area contributed by atoms with Crippen LogP contribution < -0.4 is 10.6 Å². The second-order valence-electron chi connectivity index (χ2n) is 3.03. The highest BCUT2D eigenvalue weighted by atomic mass is 32.2. The highest BCUT2D eigenvalue weighted by Crippen LogP contribution is 1.97. The molecule has 100 valence electrons. The van der Waals surface area contributed by atoms with Crippen molar-refractivity contribution < 1.29 is 14.4 Å². The Bertz CT molecular complexity index is 232. The molecule has 7 heteroatoms. The maximum atomic E-state index is 10.3. The van der Waals surface area contributed by atoms with Gasteiger partial charge < -0.3 is 10.6 Å². The SMILES string of the molecule is CC(=O)NCCS.CC(=O)NCCSC(C)=O. The van der Waals surface area contributed by atoms with Crippen molar-refractivity contribution in [1.82, 2.24) is 10.6 Å². The summed E-state index contributed by atoms with van der Waals surface area (Å²) in [5.41, 5.74) is 0. The predicted octanol–water partition coefficient (Wildman–Crippen LogP) is 0.455. The van der Waals surface area contributed by atoms with Crippen LogP contribution in [0, 0.1) is 0 Å². The lowest BCUT2D eigenvalue weighted by atomic mass is 10.6. The van der Waals surface area contributed by atoms with Crippen LogP contribution >= 0.6 is 24.4 Å². The Labute approximate surface area is 112 Å². The van der Waals surface area contributed by atoms with Crippen molar-refractivity contribution in [1.29, 1.82) is 0 Å². The topological polar surface area (TPSA) is 75.3 Å². The minimum absolute atomic E-state index is 0.00838. The fourth-order valence-electron chi connectivity index (χ4n) is 0.654. The third-order valence-electron chi connectivity index (χ3n) is 1.27. The van der Waals surface area contributed by atoms with Gasteiger partial charge in [0.15, 0.2) is 5.12 Å². The van der Waals surface area contributed by atoms with Crippen molar-refractivity contribution in [2.45, 2.75) is 20.8 Å². The summed E-state index contributed by atoms with van der Waals surface area (Å²) in [5.74, 6) is 1.33. The number of thiol groups is 1. The minimum atomic E-state index is -0.0517. The van der Waals surface area contributed by atoms with E-state index < -0.39 is 0 Å². The predicted molar refractivity (Wildman–Crippen MR) is 74.4 cm³/mol. The molecule has 0 heterocycles. The Morgan fingerprint density at radius 3 is 1.76 bits per heavy atom. The zero-order valence-corrected chi connectivity index (χ0v) is 12.1. The van der Waals surface area contributed by atoms with Crippen LogP contribution in [0.1, 0.15) is 20.8 Å². The molecule has 0 aromatic rings. The van der Waals surface area contributed by atoms with Crippen LogP contribution in [0.15, 0.2) is 0 Å². The molecule has 17 heavy (non-hydrogen) atoms. The first-order valence-electron chi connectivity index (χ1n) is 5.13. The summed E-state index contributed by atoms with van der Waals surface area (Å²) in [6.45, 7) is 5.69. The summed E-state index contributed by atoms with van der Waals surface area (Å²) in [5, 5.41) is 5.26. The molecule has 0 fully saturated rings. The van der Waals surface area contributed by atoms with Gasteiger partial charge in [-0.25, -0.2) is 0 Å². The van der Waals surface area contributed by atoms with Crippen LogP contribution in [0.3, 0.4) is 0 Å². The van der Waals surface area contributed by atoms with E-state index in [1.54, 1.807) is 0 Å². The number of hydrogen-bond acceptors (Lipinski definition) is 5. The molecule has 0 bridgehead atoms. The monoisotopic (exact) mass is 280 g/mol. The van der Waals surface area contributed by atoms with E-state index >= 15 is 0 Å². The fourth-order valence-corrected chi connectivity index (χ4v) is 1.26. The van der Waals surface area contributed by atoms with Gasteiger partial charge in [0.1, 0.15) is 0 Å². The van der Waals surface area contributed by atoms with E-state index in [1.807, 2.05) is 0 Å². The van der Waals surface area contributed by atoms with Crippen molar-refractivity contribution in [3.8, 4) is 0 Å². The van der Waals surface area contributed by atoms with Gasteiger partial charge in [0.05, 0.1) is 0 Å². The number of amides is 2. The van der Waals surface area contributed by atoms with Gasteiger partial charge in [0, 0.05) is 45.4 Å². The van der Waals surface area contributed by atoms with Crippen LogP contribution in [0.5, 0.6) is 0 Å². The van der Waals surface area contributed by atoms with Crippen LogP contribution in [0.4, 0.5) is 0 Å². The molecule has 0 aromatic carbocycles. The molecule has 0 spiro atoms. The molecule has 0 aliphatic carbocycles. The molecule has 0 aliphatic heterocycles. The first-order valence-corrected chi connectivity index (χ1v) is 6.75. The lowest BCUT2D eigenvalue weighted by Crippen LogP contribution is -2.22. The summed E-state index contributed by atoms with van der Waals surface area (Å²) in [7, 11) is 0. The van der Waals surface area contributed by atoms with E-state index in [2.05, 4.69) is 23.3 Å². The molecular weight excluding hydrogens is 260 g/mol. The van der Waals surface area contributed by atoms with E-state index in [-0.39, 0.29) is 16.9 Å². The molecule has 2 amide bonds. The maximum absolute atomic E-state index is 10.3. The fraction of sp³-hybridized carbons (Fsp3) is 0.700. The Hall–Kier alpha value is -0.690. The number of rotatable bonds is 5. The van der Waals surface area contributed by atoms with E-state index in [9.17, 15) is 14.4 Å². The normalized spacial score (nSPS) is 8.71. The quantitative estimate of drug-likeness (QED) is 0.505. The van der Waals surface area contributed by atoms with Gasteiger partial charge in [-0.05, 0) is 0 Å². The van der Waals surface area contributed by atoms with E-state index in [1.165, 1.54) is 32.5 Å². The van der Waals surface area contributed by atoms with Crippen LogP contribution in [0.2, 0.25) is 0 Å². The smallest absolute Gasteiger partial charge is 0.216 e. The largest absolute Gasteiger partial charge is 0.356 e. The lowest BCUT2D eigenvalue weighted by Gasteiger charge is -1.97. The highest BCUT2D eigenvalue weighted by Gasteiger charge is 1.93. The maximum Gasteiger partial charge on any atom is 0.216 e. The number of hydrogen-bond donors (Lipinski definition) is 3. The molecule has 0 atom stereocenters. The minimum Gasteiger partial charge on any atom is -0.356 e. The molecule has 0 saturated heterocycles. The van der Waals surface area contributed by atoms with Gasteiger partial charge in [-0.1, -0.05) is 11.8 Å². The standard InChI is InChI=1S/C6H11NO2S.C4H9NOS/c1-5(8)7-3-4-10-6(2)9;1-4(6)5-2-3-7/h3-4H2,1-2H3,(H,7,8);7H,2-3H2,1H3,(H,5,6). The second-order valence-corrected chi connectivity index (χ2v) is 4.75. The van der Waals surface area contributed by atoms with Gasteiger partial charge in [0.25, 0.3) is 0 Å². The molecule has 0 unspecified atom stereocenters.